The van der Waals surface area contributed by atoms with Crippen molar-refractivity contribution >= 4 is 23.7 Å². The summed E-state index contributed by atoms with van der Waals surface area (Å²) in [7, 11) is 0. The van der Waals surface area contributed by atoms with Gasteiger partial charge in [-0.2, -0.15) is 10.1 Å². The van der Waals surface area contributed by atoms with Crippen molar-refractivity contribution in [3.63, 3.8) is 0 Å². The van der Waals surface area contributed by atoms with E-state index in [1.807, 2.05) is 24.3 Å². The summed E-state index contributed by atoms with van der Waals surface area (Å²) in [5.74, 6) is -0.972. The van der Waals surface area contributed by atoms with Crippen molar-refractivity contribution in [2.24, 2.45) is 0 Å². The van der Waals surface area contributed by atoms with Crippen LogP contribution in [0.25, 0.3) is 11.1 Å². The summed E-state index contributed by atoms with van der Waals surface area (Å²) in [6.07, 6.45) is 7.57. The van der Waals surface area contributed by atoms with Gasteiger partial charge in [0.15, 0.2) is 11.6 Å². The average molecular weight is 452 g/mol. The highest BCUT2D eigenvalue weighted by Gasteiger charge is 2.11. The molecule has 3 heterocycles. The quantitative estimate of drug-likeness (QED) is 0.284. The van der Waals surface area contributed by atoms with Gasteiger partial charge in [0.1, 0.15) is 6.54 Å². The van der Waals surface area contributed by atoms with Gasteiger partial charge >= 0.3 is 5.97 Å². The fourth-order valence-corrected chi connectivity index (χ4v) is 3.16. The number of benzene rings is 1. The van der Waals surface area contributed by atoms with Crippen LogP contribution in [0, 0.1) is 5.82 Å². The third-order valence-corrected chi connectivity index (χ3v) is 4.67. The number of rotatable bonds is 10. The van der Waals surface area contributed by atoms with E-state index in [1.54, 1.807) is 29.4 Å². The van der Waals surface area contributed by atoms with E-state index in [0.717, 1.165) is 22.9 Å². The largest absolute Gasteiger partial charge is 0.480 e. The van der Waals surface area contributed by atoms with Gasteiger partial charge in [-0.1, -0.05) is 18.2 Å². The van der Waals surface area contributed by atoms with Crippen molar-refractivity contribution in [2.45, 2.75) is 19.6 Å². The smallest absolute Gasteiger partial charge is 0.325 e. The highest BCUT2D eigenvalue weighted by Crippen LogP contribution is 2.21. The lowest BCUT2D eigenvalue weighted by molar-refractivity contribution is -0.137. The number of nitrogens with zero attached hydrogens (tertiary/aromatic N) is 6. The van der Waals surface area contributed by atoms with Crippen molar-refractivity contribution < 1.29 is 19.4 Å². The SMILES string of the molecule is O=C(O)Cn1cc(-c2cccc(CNc3nc(Nc4nccn4CCO)ncc3F)c2)cn1. The van der Waals surface area contributed by atoms with E-state index in [2.05, 4.69) is 30.7 Å². The number of aliphatic hydroxyl groups excluding tert-OH is 1. The maximum Gasteiger partial charge on any atom is 0.325 e. The molecule has 4 rings (SSSR count). The molecule has 170 valence electrons. The molecule has 0 spiro atoms. The van der Waals surface area contributed by atoms with E-state index in [9.17, 15) is 9.18 Å². The standard InChI is InChI=1S/C21H21FN8O3/c22-17-11-25-20(28-21-23-4-5-29(21)6-7-31)27-19(17)24-9-14-2-1-3-15(8-14)16-10-26-30(12-16)13-18(32)33/h1-5,8,10-12,31H,6-7,9,13H2,(H,32,33)(H2,23,24,25,27,28). The van der Waals surface area contributed by atoms with Gasteiger partial charge in [-0.15, -0.1) is 0 Å². The maximum absolute atomic E-state index is 14.3. The molecule has 0 saturated carbocycles. The number of aliphatic hydroxyl groups is 1. The van der Waals surface area contributed by atoms with Gasteiger partial charge in [0.25, 0.3) is 0 Å². The number of aromatic nitrogens is 6. The highest BCUT2D eigenvalue weighted by atomic mass is 19.1. The number of carboxylic acids is 1. The molecular formula is C21H21FN8O3. The molecule has 12 heteroatoms. The predicted octanol–water partition coefficient (Wildman–Crippen LogP) is 2.11. The Morgan fingerprint density at radius 2 is 2.06 bits per heavy atom. The Hall–Kier alpha value is -4.32. The molecule has 33 heavy (non-hydrogen) atoms. The number of halogens is 1. The zero-order chi connectivity index (χ0) is 23.2. The summed E-state index contributed by atoms with van der Waals surface area (Å²) < 4.78 is 17.3. The van der Waals surface area contributed by atoms with Crippen LogP contribution in [0.3, 0.4) is 0 Å². The molecule has 4 N–H and O–H groups in total. The van der Waals surface area contributed by atoms with E-state index in [1.165, 1.54) is 4.68 Å². The summed E-state index contributed by atoms with van der Waals surface area (Å²) in [5, 5.41) is 27.9. The van der Waals surface area contributed by atoms with E-state index in [4.69, 9.17) is 10.2 Å². The summed E-state index contributed by atoms with van der Waals surface area (Å²) >= 11 is 0. The number of hydrogen-bond donors (Lipinski definition) is 4. The second-order valence-corrected chi connectivity index (χ2v) is 7.06. The number of nitrogens with one attached hydrogen (secondary N) is 2. The van der Waals surface area contributed by atoms with E-state index in [-0.39, 0.29) is 24.9 Å². The highest BCUT2D eigenvalue weighted by molar-refractivity contribution is 5.67. The predicted molar refractivity (Wildman–Crippen MR) is 117 cm³/mol. The molecular weight excluding hydrogens is 431 g/mol. The van der Waals surface area contributed by atoms with Crippen LogP contribution in [0.1, 0.15) is 5.56 Å². The van der Waals surface area contributed by atoms with Crippen LogP contribution in [0.5, 0.6) is 0 Å². The Kier molecular flexibility index (Phi) is 6.55. The molecule has 1 aromatic carbocycles. The molecule has 0 radical (unpaired) electrons. The fourth-order valence-electron chi connectivity index (χ4n) is 3.16. The lowest BCUT2D eigenvalue weighted by atomic mass is 10.1. The van der Waals surface area contributed by atoms with Gasteiger partial charge in [-0.3, -0.25) is 14.8 Å². The zero-order valence-corrected chi connectivity index (χ0v) is 17.4. The van der Waals surface area contributed by atoms with Crippen molar-refractivity contribution in [3.8, 4) is 11.1 Å². The lowest BCUT2D eigenvalue weighted by Crippen LogP contribution is -2.10. The second kappa shape index (κ2) is 9.87. The van der Waals surface area contributed by atoms with Crippen molar-refractivity contribution in [3.05, 3.63) is 66.6 Å². The average Bonchev–Trinajstić information content (AvgIpc) is 3.44. The van der Waals surface area contributed by atoms with Gasteiger partial charge in [0, 0.05) is 37.2 Å². The Morgan fingerprint density at radius 1 is 1.18 bits per heavy atom. The molecule has 4 aromatic rings. The molecule has 0 fully saturated rings. The maximum atomic E-state index is 14.3. The summed E-state index contributed by atoms with van der Waals surface area (Å²) in [6, 6.07) is 7.51. The first kappa shape index (κ1) is 21.9. The summed E-state index contributed by atoms with van der Waals surface area (Å²) in [4.78, 5) is 23.1. The zero-order valence-electron chi connectivity index (χ0n) is 17.4. The topological polar surface area (TPSA) is 143 Å². The Balaban J connectivity index is 1.45. The number of hydrogen-bond acceptors (Lipinski definition) is 8. The van der Waals surface area contributed by atoms with Crippen molar-refractivity contribution in [2.75, 3.05) is 17.2 Å². The minimum atomic E-state index is -0.972. The lowest BCUT2D eigenvalue weighted by Gasteiger charge is -2.11. The minimum Gasteiger partial charge on any atom is -0.480 e. The van der Waals surface area contributed by atoms with Crippen LogP contribution in [-0.2, 0) is 24.4 Å². The van der Waals surface area contributed by atoms with E-state index in [0.29, 0.717) is 19.0 Å². The molecule has 0 aliphatic heterocycles. The third kappa shape index (κ3) is 5.49. The van der Waals surface area contributed by atoms with E-state index >= 15 is 0 Å². The van der Waals surface area contributed by atoms with Crippen LogP contribution in [0.15, 0.2) is 55.2 Å². The van der Waals surface area contributed by atoms with E-state index < -0.39 is 11.8 Å². The second-order valence-electron chi connectivity index (χ2n) is 7.06. The van der Waals surface area contributed by atoms with Crippen molar-refractivity contribution in [1.82, 2.24) is 29.3 Å². The van der Waals surface area contributed by atoms with Gasteiger partial charge in [0.05, 0.1) is 19.0 Å². The molecule has 0 aliphatic rings. The number of carboxylic acid groups (broad SMARTS) is 1. The summed E-state index contributed by atoms with van der Waals surface area (Å²) in [5.41, 5.74) is 2.49. The molecule has 0 saturated heterocycles. The van der Waals surface area contributed by atoms with Crippen LogP contribution in [0.2, 0.25) is 0 Å². The number of imidazole rings is 1. The summed E-state index contributed by atoms with van der Waals surface area (Å²) in [6.45, 7) is 0.371. The first-order valence-corrected chi connectivity index (χ1v) is 10.0. The minimum absolute atomic E-state index is 0.0208. The first-order chi connectivity index (χ1) is 16.0. The van der Waals surface area contributed by atoms with Gasteiger partial charge in [0.2, 0.25) is 11.9 Å². The molecule has 11 nitrogen and oxygen atoms in total. The van der Waals surface area contributed by atoms with Gasteiger partial charge < -0.3 is 20.1 Å². The van der Waals surface area contributed by atoms with Crippen LogP contribution in [-0.4, -0.2) is 52.1 Å². The van der Waals surface area contributed by atoms with Crippen LogP contribution < -0.4 is 10.6 Å². The number of carbonyl (C=O) groups is 1. The third-order valence-electron chi connectivity index (χ3n) is 4.67. The molecule has 0 unspecified atom stereocenters. The molecule has 0 bridgehead atoms. The molecule has 0 atom stereocenters. The first-order valence-electron chi connectivity index (χ1n) is 10.0. The fraction of sp³-hybridized carbons (Fsp3) is 0.190. The molecule has 3 aromatic heterocycles. The van der Waals surface area contributed by atoms with Crippen molar-refractivity contribution in [1.29, 1.82) is 0 Å². The van der Waals surface area contributed by atoms with Gasteiger partial charge in [-0.25, -0.2) is 14.4 Å². The normalized spacial score (nSPS) is 10.8. The number of aliphatic carboxylic acids is 1. The Morgan fingerprint density at radius 3 is 2.88 bits per heavy atom. The molecule has 0 aliphatic carbocycles. The molecule has 0 amide bonds. The monoisotopic (exact) mass is 452 g/mol. The van der Waals surface area contributed by atoms with Crippen LogP contribution >= 0.6 is 0 Å². The van der Waals surface area contributed by atoms with Gasteiger partial charge in [-0.05, 0) is 17.2 Å². The number of anilines is 3. The Labute approximate surface area is 187 Å². The Bertz CT molecular complexity index is 1260. The van der Waals surface area contributed by atoms with Crippen LogP contribution in [0.4, 0.5) is 22.1 Å².